The van der Waals surface area contributed by atoms with Gasteiger partial charge in [-0.15, -0.1) is 0 Å². The smallest absolute Gasteiger partial charge is 0.410 e. The van der Waals surface area contributed by atoms with Crippen molar-refractivity contribution in [3.63, 3.8) is 0 Å². The molecule has 31 heavy (non-hydrogen) atoms. The summed E-state index contributed by atoms with van der Waals surface area (Å²) in [6.07, 6.45) is 6.16. The number of carbonyl (C=O) groups is 1. The Labute approximate surface area is 189 Å². The number of hydrogen-bond donors (Lipinski definition) is 0. The molecule has 174 valence electrons. The largest absolute Gasteiger partial charge is 0.444 e. The molecule has 1 saturated heterocycles. The van der Waals surface area contributed by atoms with Crippen LogP contribution in [0.4, 0.5) is 4.79 Å². The van der Waals surface area contributed by atoms with E-state index in [4.69, 9.17) is 4.74 Å². The van der Waals surface area contributed by atoms with Crippen molar-refractivity contribution in [1.29, 1.82) is 0 Å². The van der Waals surface area contributed by atoms with Crippen molar-refractivity contribution in [2.24, 2.45) is 5.41 Å². The summed E-state index contributed by atoms with van der Waals surface area (Å²) in [6, 6.07) is 10.8. The SMILES string of the molecule is CCN(CC1(CN2CCN(Cc3ccccc3)CC2)CCCCC1)C(=O)OC(C)(C)C. The zero-order valence-electron chi connectivity index (χ0n) is 20.2. The molecule has 3 rings (SSSR count). The van der Waals surface area contributed by atoms with Crippen molar-refractivity contribution >= 4 is 6.09 Å². The van der Waals surface area contributed by atoms with Crippen LogP contribution in [0.5, 0.6) is 0 Å². The Morgan fingerprint density at radius 2 is 1.61 bits per heavy atom. The molecule has 0 atom stereocenters. The van der Waals surface area contributed by atoms with Crippen LogP contribution < -0.4 is 0 Å². The van der Waals surface area contributed by atoms with Crippen LogP contribution in [0.25, 0.3) is 0 Å². The summed E-state index contributed by atoms with van der Waals surface area (Å²) < 4.78 is 5.70. The van der Waals surface area contributed by atoms with E-state index in [0.717, 1.165) is 45.8 Å². The second kappa shape index (κ2) is 10.8. The lowest BCUT2D eigenvalue weighted by Gasteiger charge is -2.46. The van der Waals surface area contributed by atoms with Crippen LogP contribution in [-0.2, 0) is 11.3 Å². The molecule has 2 aliphatic rings. The molecule has 0 N–H and O–H groups in total. The van der Waals surface area contributed by atoms with Crippen LogP contribution in [0.3, 0.4) is 0 Å². The van der Waals surface area contributed by atoms with Crippen molar-refractivity contribution in [3.8, 4) is 0 Å². The van der Waals surface area contributed by atoms with Gasteiger partial charge in [0, 0.05) is 57.8 Å². The van der Waals surface area contributed by atoms with Gasteiger partial charge in [0.15, 0.2) is 0 Å². The number of carbonyl (C=O) groups excluding carboxylic acids is 1. The molecule has 2 fully saturated rings. The maximum absolute atomic E-state index is 12.8. The van der Waals surface area contributed by atoms with Gasteiger partial charge in [-0.05, 0) is 46.1 Å². The van der Waals surface area contributed by atoms with Gasteiger partial charge in [-0.3, -0.25) is 4.90 Å². The summed E-state index contributed by atoms with van der Waals surface area (Å²) in [5.41, 5.74) is 1.15. The molecule has 5 heteroatoms. The van der Waals surface area contributed by atoms with E-state index in [1.54, 1.807) is 0 Å². The molecule has 0 aromatic heterocycles. The Bertz CT molecular complexity index is 672. The van der Waals surface area contributed by atoms with Gasteiger partial charge >= 0.3 is 6.09 Å². The van der Waals surface area contributed by atoms with E-state index < -0.39 is 5.60 Å². The van der Waals surface area contributed by atoms with Crippen molar-refractivity contribution in [1.82, 2.24) is 14.7 Å². The molecular weight excluding hydrogens is 386 g/mol. The third-order valence-corrected chi connectivity index (χ3v) is 6.75. The number of rotatable bonds is 7. The molecule has 0 spiro atoms. The van der Waals surface area contributed by atoms with Gasteiger partial charge in [-0.25, -0.2) is 4.79 Å². The van der Waals surface area contributed by atoms with Crippen molar-refractivity contribution in [2.75, 3.05) is 45.8 Å². The molecule has 1 aromatic rings. The van der Waals surface area contributed by atoms with E-state index >= 15 is 0 Å². The number of nitrogens with zero attached hydrogens (tertiary/aromatic N) is 3. The zero-order valence-corrected chi connectivity index (χ0v) is 20.2. The highest BCUT2D eigenvalue weighted by molar-refractivity contribution is 5.68. The second-order valence-electron chi connectivity index (χ2n) is 10.6. The average molecular weight is 430 g/mol. The number of amides is 1. The van der Waals surface area contributed by atoms with Gasteiger partial charge in [0.05, 0.1) is 0 Å². The first-order valence-electron chi connectivity index (χ1n) is 12.3. The normalized spacial score (nSPS) is 20.4. The predicted molar refractivity (Wildman–Crippen MR) is 127 cm³/mol. The van der Waals surface area contributed by atoms with Crippen molar-refractivity contribution in [3.05, 3.63) is 35.9 Å². The Morgan fingerprint density at radius 3 is 2.19 bits per heavy atom. The third kappa shape index (κ3) is 7.50. The molecule has 1 amide bonds. The van der Waals surface area contributed by atoms with E-state index in [2.05, 4.69) is 47.1 Å². The van der Waals surface area contributed by atoms with Crippen LogP contribution in [0.2, 0.25) is 0 Å². The molecule has 5 nitrogen and oxygen atoms in total. The fraction of sp³-hybridized carbons (Fsp3) is 0.731. The molecular formula is C26H43N3O2. The first kappa shape index (κ1) is 24.1. The van der Waals surface area contributed by atoms with Gasteiger partial charge < -0.3 is 14.5 Å². The van der Waals surface area contributed by atoms with Crippen LogP contribution in [0.1, 0.15) is 65.4 Å². The molecule has 0 radical (unpaired) electrons. The molecule has 1 aliphatic heterocycles. The predicted octanol–water partition coefficient (Wildman–Crippen LogP) is 5.01. The fourth-order valence-corrected chi connectivity index (χ4v) is 5.13. The summed E-state index contributed by atoms with van der Waals surface area (Å²) in [5.74, 6) is 0. The summed E-state index contributed by atoms with van der Waals surface area (Å²) in [5, 5.41) is 0. The van der Waals surface area contributed by atoms with Gasteiger partial charge in [0.25, 0.3) is 0 Å². The van der Waals surface area contributed by atoms with Gasteiger partial charge in [-0.2, -0.15) is 0 Å². The minimum Gasteiger partial charge on any atom is -0.444 e. The summed E-state index contributed by atoms with van der Waals surface area (Å²) in [7, 11) is 0. The Morgan fingerprint density at radius 1 is 1.00 bits per heavy atom. The Kier molecular flexibility index (Phi) is 8.40. The lowest BCUT2D eigenvalue weighted by Crippen LogP contribution is -2.53. The lowest BCUT2D eigenvalue weighted by molar-refractivity contribution is 0.00103. The quantitative estimate of drug-likeness (QED) is 0.610. The second-order valence-corrected chi connectivity index (χ2v) is 10.6. The lowest BCUT2D eigenvalue weighted by atomic mass is 9.73. The van der Waals surface area contributed by atoms with Crippen LogP contribution in [0.15, 0.2) is 30.3 Å². The van der Waals surface area contributed by atoms with E-state index in [-0.39, 0.29) is 11.5 Å². The summed E-state index contributed by atoms with van der Waals surface area (Å²) in [6.45, 7) is 16.1. The monoisotopic (exact) mass is 429 g/mol. The molecule has 1 saturated carbocycles. The van der Waals surface area contributed by atoms with E-state index in [1.807, 2.05) is 25.7 Å². The summed E-state index contributed by atoms with van der Waals surface area (Å²) >= 11 is 0. The van der Waals surface area contributed by atoms with Crippen LogP contribution in [0, 0.1) is 5.41 Å². The topological polar surface area (TPSA) is 36.0 Å². The first-order chi connectivity index (χ1) is 14.8. The Hall–Kier alpha value is -1.59. The maximum Gasteiger partial charge on any atom is 0.410 e. The highest BCUT2D eigenvalue weighted by Crippen LogP contribution is 2.38. The van der Waals surface area contributed by atoms with Gasteiger partial charge in [0.1, 0.15) is 5.60 Å². The number of benzene rings is 1. The van der Waals surface area contributed by atoms with Gasteiger partial charge in [0.2, 0.25) is 0 Å². The van der Waals surface area contributed by atoms with E-state index in [9.17, 15) is 4.79 Å². The molecule has 0 unspecified atom stereocenters. The highest BCUT2D eigenvalue weighted by atomic mass is 16.6. The Balaban J connectivity index is 1.57. The third-order valence-electron chi connectivity index (χ3n) is 6.75. The number of hydrogen-bond acceptors (Lipinski definition) is 4. The minimum atomic E-state index is -0.445. The average Bonchev–Trinajstić information content (AvgIpc) is 2.74. The van der Waals surface area contributed by atoms with E-state index in [0.29, 0.717) is 6.54 Å². The highest BCUT2D eigenvalue weighted by Gasteiger charge is 2.38. The molecule has 1 aliphatic carbocycles. The zero-order chi connectivity index (χ0) is 22.3. The number of ether oxygens (including phenoxy) is 1. The first-order valence-corrected chi connectivity index (χ1v) is 12.3. The molecule has 0 bridgehead atoms. The maximum atomic E-state index is 12.8. The summed E-state index contributed by atoms with van der Waals surface area (Å²) in [4.78, 5) is 20.0. The van der Waals surface area contributed by atoms with Gasteiger partial charge in [-0.1, -0.05) is 49.6 Å². The molecule has 1 aromatic carbocycles. The van der Waals surface area contributed by atoms with Crippen molar-refractivity contribution < 1.29 is 9.53 Å². The fourth-order valence-electron chi connectivity index (χ4n) is 5.13. The van der Waals surface area contributed by atoms with Crippen LogP contribution in [-0.4, -0.2) is 72.2 Å². The van der Waals surface area contributed by atoms with Crippen molar-refractivity contribution in [2.45, 2.75) is 71.9 Å². The minimum absolute atomic E-state index is 0.160. The van der Waals surface area contributed by atoms with Crippen LogP contribution >= 0.6 is 0 Å². The molecule has 1 heterocycles. The van der Waals surface area contributed by atoms with E-state index in [1.165, 1.54) is 37.7 Å². The standard InChI is InChI=1S/C26H43N3O2/c1-5-29(24(30)31-25(2,3)4)22-26(14-10-7-11-15-26)21-28-18-16-27(17-19-28)20-23-12-8-6-9-13-23/h6,8-9,12-13H,5,7,10-11,14-22H2,1-4H3. The number of piperazine rings is 1.